The molecule has 0 saturated heterocycles. The smallest absolute Gasteiger partial charge is 0.417 e. The molecular formula is C9H11F3N2O2. The van der Waals surface area contributed by atoms with E-state index < -0.39 is 17.7 Å². The summed E-state index contributed by atoms with van der Waals surface area (Å²) in [6, 6.07) is 2.23. The number of halogens is 3. The minimum Gasteiger partial charge on any atom is -0.481 e. The number of carboxylic acids is 1. The fraction of sp³-hybridized carbons (Fsp3) is 0.333. The first-order chi connectivity index (χ1) is 7.27. The number of aliphatic carboxylic acids is 1. The zero-order valence-corrected chi connectivity index (χ0v) is 8.45. The molecule has 0 bridgehead atoms. The average Bonchev–Trinajstić information content (AvgIpc) is 2.16. The second kappa shape index (κ2) is 6.06. The van der Waals surface area contributed by atoms with Crippen molar-refractivity contribution in [2.45, 2.75) is 19.6 Å². The van der Waals surface area contributed by atoms with E-state index in [4.69, 9.17) is 15.6 Å². The Morgan fingerprint density at radius 1 is 1.50 bits per heavy atom. The van der Waals surface area contributed by atoms with Crippen molar-refractivity contribution in [3.8, 4) is 0 Å². The lowest BCUT2D eigenvalue weighted by Crippen LogP contribution is -2.07. The monoisotopic (exact) mass is 236 g/mol. The van der Waals surface area contributed by atoms with Crippen LogP contribution in [-0.4, -0.2) is 16.1 Å². The normalized spacial score (nSPS) is 10.3. The first kappa shape index (κ1) is 14.4. The Morgan fingerprint density at radius 3 is 2.25 bits per heavy atom. The van der Waals surface area contributed by atoms with Gasteiger partial charge in [-0.05, 0) is 12.1 Å². The van der Waals surface area contributed by atoms with Gasteiger partial charge in [0, 0.05) is 19.7 Å². The third-order valence-corrected chi connectivity index (χ3v) is 1.36. The van der Waals surface area contributed by atoms with Gasteiger partial charge in [-0.1, -0.05) is 0 Å². The van der Waals surface area contributed by atoms with Crippen LogP contribution < -0.4 is 5.73 Å². The van der Waals surface area contributed by atoms with Gasteiger partial charge >= 0.3 is 6.18 Å². The van der Waals surface area contributed by atoms with Gasteiger partial charge in [-0.2, -0.15) is 13.2 Å². The molecule has 0 unspecified atom stereocenters. The van der Waals surface area contributed by atoms with Gasteiger partial charge in [0.2, 0.25) is 0 Å². The van der Waals surface area contributed by atoms with E-state index in [9.17, 15) is 13.2 Å². The Balaban J connectivity index is 0.000000487. The van der Waals surface area contributed by atoms with Crippen LogP contribution >= 0.6 is 0 Å². The summed E-state index contributed by atoms with van der Waals surface area (Å²) in [6.45, 7) is 1.23. The Bertz CT molecular complexity index is 332. The molecule has 0 radical (unpaired) electrons. The molecule has 7 heteroatoms. The third kappa shape index (κ3) is 5.97. The quantitative estimate of drug-likeness (QED) is 0.777. The summed E-state index contributed by atoms with van der Waals surface area (Å²) in [6.07, 6.45) is -3.54. The minimum absolute atomic E-state index is 0.151. The second-order valence-electron chi connectivity index (χ2n) is 2.76. The lowest BCUT2D eigenvalue weighted by molar-refractivity contribution is -0.138. The molecule has 90 valence electrons. The SMILES string of the molecule is CC(=O)O.NCc1ccc(C(F)(F)F)cn1. The van der Waals surface area contributed by atoms with E-state index in [1.165, 1.54) is 6.07 Å². The lowest BCUT2D eigenvalue weighted by atomic mass is 10.2. The zero-order valence-electron chi connectivity index (χ0n) is 8.45. The number of pyridine rings is 1. The van der Waals surface area contributed by atoms with Gasteiger partial charge < -0.3 is 10.8 Å². The Morgan fingerprint density at radius 2 is 2.00 bits per heavy atom. The van der Waals surface area contributed by atoms with Gasteiger partial charge in [0.15, 0.2) is 0 Å². The number of hydrogen-bond acceptors (Lipinski definition) is 3. The van der Waals surface area contributed by atoms with Crippen molar-refractivity contribution >= 4 is 5.97 Å². The first-order valence-electron chi connectivity index (χ1n) is 4.19. The van der Waals surface area contributed by atoms with Crippen molar-refractivity contribution in [2.24, 2.45) is 5.73 Å². The highest BCUT2D eigenvalue weighted by Gasteiger charge is 2.30. The molecule has 0 spiro atoms. The van der Waals surface area contributed by atoms with Crippen molar-refractivity contribution in [1.82, 2.24) is 4.98 Å². The van der Waals surface area contributed by atoms with E-state index in [0.29, 0.717) is 5.69 Å². The molecule has 16 heavy (non-hydrogen) atoms. The molecule has 0 fully saturated rings. The average molecular weight is 236 g/mol. The van der Waals surface area contributed by atoms with E-state index in [-0.39, 0.29) is 6.54 Å². The van der Waals surface area contributed by atoms with Gasteiger partial charge in [-0.3, -0.25) is 9.78 Å². The summed E-state index contributed by atoms with van der Waals surface area (Å²) in [5, 5.41) is 7.42. The van der Waals surface area contributed by atoms with Gasteiger partial charge in [-0.25, -0.2) is 0 Å². The molecule has 4 nitrogen and oxygen atoms in total. The Kier molecular flexibility index (Phi) is 5.44. The Labute approximate surface area is 89.9 Å². The van der Waals surface area contributed by atoms with Gasteiger partial charge in [0.05, 0.1) is 11.3 Å². The van der Waals surface area contributed by atoms with E-state index in [2.05, 4.69) is 4.98 Å². The molecule has 1 rings (SSSR count). The van der Waals surface area contributed by atoms with Crippen LogP contribution in [0, 0.1) is 0 Å². The van der Waals surface area contributed by atoms with Crippen molar-refractivity contribution in [3.05, 3.63) is 29.6 Å². The van der Waals surface area contributed by atoms with Crippen LogP contribution in [0.3, 0.4) is 0 Å². The number of rotatable bonds is 1. The molecule has 0 amide bonds. The van der Waals surface area contributed by atoms with Gasteiger partial charge in [0.25, 0.3) is 5.97 Å². The maximum absolute atomic E-state index is 12.0. The maximum atomic E-state index is 12.0. The second-order valence-corrected chi connectivity index (χ2v) is 2.76. The summed E-state index contributed by atoms with van der Waals surface area (Å²) in [4.78, 5) is 12.5. The summed E-state index contributed by atoms with van der Waals surface area (Å²) in [7, 11) is 0. The van der Waals surface area contributed by atoms with Crippen LogP contribution in [0.2, 0.25) is 0 Å². The predicted octanol–water partition coefficient (Wildman–Crippen LogP) is 1.65. The van der Waals surface area contributed by atoms with Crippen molar-refractivity contribution < 1.29 is 23.1 Å². The summed E-state index contributed by atoms with van der Waals surface area (Å²) < 4.78 is 35.9. The molecule has 0 aromatic carbocycles. The largest absolute Gasteiger partial charge is 0.481 e. The van der Waals surface area contributed by atoms with Crippen LogP contribution in [0.1, 0.15) is 18.2 Å². The van der Waals surface area contributed by atoms with Gasteiger partial charge in [-0.15, -0.1) is 0 Å². The zero-order chi connectivity index (χ0) is 12.8. The molecule has 0 saturated carbocycles. The van der Waals surface area contributed by atoms with Crippen LogP contribution in [0.25, 0.3) is 0 Å². The number of carboxylic acid groups (broad SMARTS) is 1. The van der Waals surface area contributed by atoms with E-state index in [1.54, 1.807) is 0 Å². The van der Waals surface area contributed by atoms with E-state index in [0.717, 1.165) is 19.2 Å². The Hall–Kier alpha value is -1.63. The highest BCUT2D eigenvalue weighted by atomic mass is 19.4. The predicted molar refractivity (Wildman–Crippen MR) is 50.4 cm³/mol. The molecule has 0 aliphatic carbocycles. The molecule has 3 N–H and O–H groups in total. The molecule has 1 aromatic heterocycles. The first-order valence-corrected chi connectivity index (χ1v) is 4.19. The molecule has 0 aliphatic rings. The number of hydrogen-bond donors (Lipinski definition) is 2. The fourth-order valence-electron chi connectivity index (χ4n) is 0.713. The molecule has 0 aliphatic heterocycles. The van der Waals surface area contributed by atoms with Gasteiger partial charge in [0.1, 0.15) is 0 Å². The summed E-state index contributed by atoms with van der Waals surface area (Å²) in [5.41, 5.74) is 4.86. The molecule has 0 atom stereocenters. The number of aromatic nitrogens is 1. The summed E-state index contributed by atoms with van der Waals surface area (Å²) in [5.74, 6) is -0.833. The number of carbonyl (C=O) groups is 1. The van der Waals surface area contributed by atoms with E-state index >= 15 is 0 Å². The van der Waals surface area contributed by atoms with Crippen molar-refractivity contribution in [3.63, 3.8) is 0 Å². The molecule has 1 aromatic rings. The number of alkyl halides is 3. The number of nitrogens with two attached hydrogens (primary N) is 1. The van der Waals surface area contributed by atoms with Crippen molar-refractivity contribution in [2.75, 3.05) is 0 Å². The fourth-order valence-corrected chi connectivity index (χ4v) is 0.713. The van der Waals surface area contributed by atoms with E-state index in [1.807, 2.05) is 0 Å². The van der Waals surface area contributed by atoms with Crippen LogP contribution in [0.15, 0.2) is 18.3 Å². The maximum Gasteiger partial charge on any atom is 0.417 e. The topological polar surface area (TPSA) is 76.2 Å². The standard InChI is InChI=1S/C7H7F3N2.C2H4O2/c8-7(9,10)5-1-2-6(3-11)12-4-5;1-2(3)4/h1-2,4H,3,11H2;1H3,(H,3,4). The lowest BCUT2D eigenvalue weighted by Gasteiger charge is -2.05. The van der Waals surface area contributed by atoms with Crippen LogP contribution in [-0.2, 0) is 17.5 Å². The summed E-state index contributed by atoms with van der Waals surface area (Å²) >= 11 is 0. The minimum atomic E-state index is -4.32. The highest BCUT2D eigenvalue weighted by molar-refractivity contribution is 5.62. The molecule has 1 heterocycles. The number of nitrogens with zero attached hydrogens (tertiary/aromatic N) is 1. The third-order valence-electron chi connectivity index (χ3n) is 1.36. The highest BCUT2D eigenvalue weighted by Crippen LogP contribution is 2.28. The molecular weight excluding hydrogens is 225 g/mol. The van der Waals surface area contributed by atoms with Crippen molar-refractivity contribution in [1.29, 1.82) is 0 Å². The van der Waals surface area contributed by atoms with Crippen LogP contribution in [0.4, 0.5) is 13.2 Å². The van der Waals surface area contributed by atoms with Crippen LogP contribution in [0.5, 0.6) is 0 Å².